The van der Waals surface area contributed by atoms with Crippen LogP contribution in [-0.2, 0) is 0 Å². The van der Waals surface area contributed by atoms with E-state index in [0.29, 0.717) is 0 Å². The zero-order chi connectivity index (χ0) is 7.28. The minimum Gasteiger partial charge on any atom is -1.00 e. The normalized spacial score (nSPS) is 9.80. The molecule has 1 radical (unpaired) electrons. The molecular weight excluding hydrogens is 146 g/mol. The van der Waals surface area contributed by atoms with E-state index in [4.69, 9.17) is 0 Å². The Balaban J connectivity index is -0.0000000533. The molecule has 0 nitrogen and oxygen atoms in total. The molecule has 0 aliphatic rings. The molecule has 0 aromatic heterocycles. The average Bonchev–Trinajstić information content (AvgIpc) is 1.63. The summed E-state index contributed by atoms with van der Waals surface area (Å²) in [5.41, 5.74) is 0. The number of rotatable bonds is 4. The van der Waals surface area contributed by atoms with Gasteiger partial charge >= 0.3 is 29.6 Å². The van der Waals surface area contributed by atoms with Crippen LogP contribution >= 0.6 is 0 Å². The van der Waals surface area contributed by atoms with Crippen LogP contribution < -0.4 is 29.6 Å². The monoisotopic (exact) mass is 169 g/mol. The Bertz CT molecular complexity index is 64.4. The van der Waals surface area contributed by atoms with Crippen molar-refractivity contribution in [1.29, 1.82) is 0 Å². The van der Waals surface area contributed by atoms with Crippen LogP contribution in [0, 0.1) is 11.8 Å². The van der Waals surface area contributed by atoms with Crippen molar-refractivity contribution in [2.45, 2.75) is 38.3 Å². The SMILES string of the molecule is CC(C)[CH2][Al][CH2]C(C)C.[H-].[HH].[HH].[Na+]. The molecule has 0 fully saturated rings. The van der Waals surface area contributed by atoms with Gasteiger partial charge in [0, 0.05) is 2.85 Å². The molecule has 0 saturated heterocycles. The fourth-order valence-electron chi connectivity index (χ4n) is 0.763. The predicted molar refractivity (Wildman–Crippen MR) is 50.4 cm³/mol. The van der Waals surface area contributed by atoms with Crippen molar-refractivity contribution < 1.29 is 33.8 Å². The van der Waals surface area contributed by atoms with Gasteiger partial charge in [0.15, 0.2) is 0 Å². The minimum absolute atomic E-state index is 0. The molecule has 2 heteroatoms. The van der Waals surface area contributed by atoms with Crippen molar-refractivity contribution in [3.8, 4) is 0 Å². The Hall–Kier alpha value is 1.53. The zero-order valence-electron chi connectivity index (χ0n) is 9.15. The molecule has 0 aliphatic heterocycles. The van der Waals surface area contributed by atoms with Gasteiger partial charge in [0.25, 0.3) is 0 Å². The molecule has 0 aromatic rings. The Morgan fingerprint density at radius 2 is 1.40 bits per heavy atom. The molecule has 0 aromatic carbocycles. The van der Waals surface area contributed by atoms with Crippen molar-refractivity contribution >= 4 is 15.2 Å². The summed E-state index contributed by atoms with van der Waals surface area (Å²) in [5, 5.41) is 2.97. The average molecular weight is 169 g/mol. The summed E-state index contributed by atoms with van der Waals surface area (Å²) in [5.74, 6) is 1.86. The molecule has 0 rings (SSSR count). The van der Waals surface area contributed by atoms with Crippen LogP contribution in [0.1, 0.15) is 32.0 Å². The second-order valence-corrected chi connectivity index (χ2v) is 5.07. The minimum atomic E-state index is 0. The first-order valence-corrected chi connectivity index (χ1v) is 5.58. The maximum Gasteiger partial charge on any atom is 1.00 e. The molecule has 10 heavy (non-hydrogen) atoms. The summed E-state index contributed by atoms with van der Waals surface area (Å²) in [7, 11) is 0. The first-order chi connectivity index (χ1) is 4.13. The van der Waals surface area contributed by atoms with E-state index in [2.05, 4.69) is 27.7 Å². The molecule has 0 bridgehead atoms. The zero-order valence-corrected chi connectivity index (χ0v) is 11.3. The van der Waals surface area contributed by atoms with Gasteiger partial charge in [-0.3, -0.25) is 0 Å². The third-order valence-corrected chi connectivity index (χ3v) is 3.83. The smallest absolute Gasteiger partial charge is 1.00 e. The van der Waals surface area contributed by atoms with Gasteiger partial charge in [0.1, 0.15) is 0 Å². The van der Waals surface area contributed by atoms with Crippen LogP contribution in [0.5, 0.6) is 0 Å². The summed E-state index contributed by atoms with van der Waals surface area (Å²) in [6, 6.07) is 0. The Morgan fingerprint density at radius 3 is 1.60 bits per heavy atom. The summed E-state index contributed by atoms with van der Waals surface area (Å²) in [6.07, 6.45) is 0. The van der Waals surface area contributed by atoms with Crippen LogP contribution in [0.15, 0.2) is 0 Å². The van der Waals surface area contributed by atoms with E-state index in [9.17, 15) is 0 Å². The third kappa shape index (κ3) is 12.2. The topological polar surface area (TPSA) is 0 Å². The molecule has 0 aliphatic carbocycles. The van der Waals surface area contributed by atoms with Gasteiger partial charge in [-0.25, -0.2) is 0 Å². The molecule has 0 unspecified atom stereocenters. The van der Waals surface area contributed by atoms with E-state index < -0.39 is 0 Å². The second kappa shape index (κ2) is 8.63. The summed E-state index contributed by atoms with van der Waals surface area (Å²) >= 11 is 0.755. The Kier molecular flexibility index (Phi) is 12.1. The van der Waals surface area contributed by atoms with Gasteiger partial charge in [-0.05, 0) is 0 Å². The second-order valence-electron chi connectivity index (χ2n) is 3.55. The molecule has 0 heterocycles. The van der Waals surface area contributed by atoms with Crippen molar-refractivity contribution in [3.63, 3.8) is 0 Å². The van der Waals surface area contributed by atoms with Gasteiger partial charge in [0.05, 0.1) is 0 Å². The van der Waals surface area contributed by atoms with Crippen molar-refractivity contribution in [1.82, 2.24) is 0 Å². The largest absolute Gasteiger partial charge is 1.00 e. The maximum absolute atomic E-state index is 2.31. The molecule has 0 spiro atoms. The predicted octanol–water partition coefficient (Wildman–Crippen LogP) is 0.448. The summed E-state index contributed by atoms with van der Waals surface area (Å²) in [6.45, 7) is 9.25. The van der Waals surface area contributed by atoms with E-state index in [1.165, 1.54) is 10.6 Å². The molecule has 59 valence electrons. The van der Waals surface area contributed by atoms with Crippen molar-refractivity contribution in [2.24, 2.45) is 11.8 Å². The molecule has 0 amide bonds. The van der Waals surface area contributed by atoms with Gasteiger partial charge in [0.2, 0.25) is 15.2 Å². The van der Waals surface area contributed by atoms with Gasteiger partial charge < -0.3 is 1.43 Å². The molecule has 0 saturated carbocycles. The van der Waals surface area contributed by atoms with E-state index >= 15 is 0 Å². The van der Waals surface area contributed by atoms with Crippen LogP contribution in [-0.4, -0.2) is 15.2 Å². The van der Waals surface area contributed by atoms with E-state index in [-0.39, 0.29) is 33.8 Å². The van der Waals surface area contributed by atoms with Crippen molar-refractivity contribution in [2.75, 3.05) is 0 Å². The first-order valence-electron chi connectivity index (χ1n) is 3.94. The van der Waals surface area contributed by atoms with E-state index in [0.717, 1.165) is 27.1 Å². The van der Waals surface area contributed by atoms with Gasteiger partial charge in [-0.2, -0.15) is 0 Å². The van der Waals surface area contributed by atoms with Crippen LogP contribution in [0.25, 0.3) is 0 Å². The fourth-order valence-corrected chi connectivity index (χ4v) is 2.29. The standard InChI is InChI=1S/2C4H9.Al.Na.2H2.H/c2*1-4(2)3;;;;;/h2*4H,1H2,2-3H3;;;2*1H;/q;;;+1;;;-1. The van der Waals surface area contributed by atoms with Gasteiger partial charge in [-0.1, -0.05) is 39.5 Å². The quantitative estimate of drug-likeness (QED) is 0.536. The molecule has 0 N–H and O–H groups in total. The summed E-state index contributed by atoms with van der Waals surface area (Å²) in [4.78, 5) is 0. The van der Waals surface area contributed by atoms with Crippen LogP contribution in [0.2, 0.25) is 10.6 Å². The Morgan fingerprint density at radius 1 is 1.10 bits per heavy atom. The van der Waals surface area contributed by atoms with Crippen LogP contribution in [0.4, 0.5) is 0 Å². The van der Waals surface area contributed by atoms with E-state index in [1.54, 1.807) is 0 Å². The number of hydrogen-bond donors (Lipinski definition) is 0. The van der Waals surface area contributed by atoms with Crippen molar-refractivity contribution in [3.05, 3.63) is 0 Å². The first kappa shape index (κ1) is 14.1. The Labute approximate surface area is 98.6 Å². The fraction of sp³-hybridized carbons (Fsp3) is 1.00. The summed E-state index contributed by atoms with van der Waals surface area (Å²) < 4.78 is 0. The maximum atomic E-state index is 2.31. The van der Waals surface area contributed by atoms with E-state index in [1.807, 2.05) is 0 Å². The molecule has 0 atom stereocenters. The third-order valence-electron chi connectivity index (χ3n) is 1.28. The van der Waals surface area contributed by atoms with Crippen LogP contribution in [0.3, 0.4) is 0 Å². The van der Waals surface area contributed by atoms with Gasteiger partial charge in [-0.15, -0.1) is 10.6 Å². The number of hydrogen-bond acceptors (Lipinski definition) is 0. The molecular formula is C8H23AlNa.